The topological polar surface area (TPSA) is 242 Å². The van der Waals surface area contributed by atoms with Crippen molar-refractivity contribution in [1.82, 2.24) is 4.90 Å². The zero-order valence-electron chi connectivity index (χ0n) is 46.9. The molecule has 3 aliphatic heterocycles. The number of hydrogen-bond donors (Lipinski definition) is 4. The third-order valence-corrected chi connectivity index (χ3v) is 15.4. The summed E-state index contributed by atoms with van der Waals surface area (Å²) in [5.74, 6) is -10.4. The molecule has 406 valence electrons. The molecular weight excluding hydrogens is 931 g/mol. The maximum absolute atomic E-state index is 14.6. The summed E-state index contributed by atoms with van der Waals surface area (Å²) in [6.07, 6.45) is 8.64. The second kappa shape index (κ2) is 28.1. The van der Waals surface area contributed by atoms with Gasteiger partial charge in [-0.3, -0.25) is 24.0 Å². The van der Waals surface area contributed by atoms with Crippen LogP contribution in [-0.2, 0) is 57.2 Å². The summed E-state index contributed by atoms with van der Waals surface area (Å²) in [7, 11) is -0.0279. The molecule has 1 aliphatic carbocycles. The molecule has 2 saturated heterocycles. The van der Waals surface area contributed by atoms with Crippen molar-refractivity contribution in [2.45, 2.75) is 180 Å². The smallest absolute Gasteiger partial charge is 0.329 e. The Bertz CT molecular complexity index is 2070. The van der Waals surface area contributed by atoms with Gasteiger partial charge in [-0.25, -0.2) is 4.79 Å². The lowest BCUT2D eigenvalue weighted by Crippen LogP contribution is -2.60. The van der Waals surface area contributed by atoms with E-state index in [1.165, 1.54) is 27.2 Å². The minimum Gasteiger partial charge on any atom is -0.460 e. The normalized spacial score (nSPS) is 38.2. The quantitative estimate of drug-likeness (QED) is 0.123. The van der Waals surface area contributed by atoms with Crippen LogP contribution in [0.15, 0.2) is 48.1 Å². The summed E-state index contributed by atoms with van der Waals surface area (Å²) >= 11 is 0. The van der Waals surface area contributed by atoms with Gasteiger partial charge in [-0.15, -0.1) is 0 Å². The Morgan fingerprint density at radius 2 is 1.60 bits per heavy atom. The van der Waals surface area contributed by atoms with Gasteiger partial charge >= 0.3 is 11.9 Å². The Kier molecular flexibility index (Phi) is 21.8. The molecular formula is C55H85NO16. The predicted octanol–water partition coefficient (Wildman–Crippen LogP) is 5.33. The number of methoxy groups -OCH3 is 3. The van der Waals surface area contributed by atoms with Gasteiger partial charge < -0.3 is 53.7 Å². The van der Waals surface area contributed by atoms with E-state index in [0.29, 0.717) is 44.1 Å². The number of ketones is 3. The highest BCUT2D eigenvalue weighted by molar-refractivity contribution is 6.39. The van der Waals surface area contributed by atoms with E-state index >= 15 is 0 Å². The SMILES string of the molecule is [2H]C([2H])([2H])O[C@@H]1C[C@H](C[C@@H](C)[C@@H]2CC(=O)[C@H](C)/C=C(\C)[C@@H](O)[C@@H](OC)C(=O)[C@H](C)C[C@H](C)/C=C/C=C/C=C/[C@@H](OC)C[C@@H]3CC[C@@H](C)[C@@](O)(O3)C(=O)C(=O)N3CCCC[C@H]3C(=O)O2)CC[C@H]1OC(=O)C(C)(CO)CO. The number of carbonyl (C=O) groups excluding carboxylic acids is 6. The van der Waals surface area contributed by atoms with Gasteiger partial charge in [0.15, 0.2) is 5.78 Å². The molecule has 72 heavy (non-hydrogen) atoms. The fourth-order valence-corrected chi connectivity index (χ4v) is 10.3. The number of aliphatic hydroxyl groups is 4. The second-order valence-electron chi connectivity index (χ2n) is 21.3. The molecule has 0 spiro atoms. The van der Waals surface area contributed by atoms with E-state index in [9.17, 15) is 49.2 Å². The number of amides is 1. The number of carbonyl (C=O) groups is 6. The van der Waals surface area contributed by atoms with E-state index in [4.69, 9.17) is 32.5 Å². The number of esters is 2. The fourth-order valence-electron chi connectivity index (χ4n) is 10.3. The zero-order valence-corrected chi connectivity index (χ0v) is 43.9. The first kappa shape index (κ1) is 55.8. The molecule has 0 aromatic rings. The van der Waals surface area contributed by atoms with E-state index in [1.54, 1.807) is 40.7 Å². The molecule has 17 nitrogen and oxygen atoms in total. The minimum absolute atomic E-state index is 0.00280. The van der Waals surface area contributed by atoms with Crippen LogP contribution in [0.3, 0.4) is 0 Å². The molecule has 4 rings (SSSR count). The predicted molar refractivity (Wildman–Crippen MR) is 267 cm³/mol. The lowest BCUT2D eigenvalue weighted by Gasteiger charge is -2.42. The number of nitrogens with zero attached hydrogens (tertiary/aromatic N) is 1. The molecule has 17 heteroatoms. The number of hydrogen-bond acceptors (Lipinski definition) is 16. The molecule has 1 saturated carbocycles. The van der Waals surface area contributed by atoms with Gasteiger partial charge in [0, 0.05) is 58.4 Å². The summed E-state index contributed by atoms with van der Waals surface area (Å²) < 4.78 is 58.3. The first-order valence-corrected chi connectivity index (χ1v) is 25.8. The van der Waals surface area contributed by atoms with Crippen LogP contribution in [-0.4, -0.2) is 156 Å². The highest BCUT2D eigenvalue weighted by Crippen LogP contribution is 2.38. The lowest BCUT2D eigenvalue weighted by atomic mass is 9.78. The summed E-state index contributed by atoms with van der Waals surface area (Å²) in [5, 5.41) is 43.1. The third kappa shape index (κ3) is 15.8. The van der Waals surface area contributed by atoms with Crippen molar-refractivity contribution in [2.24, 2.45) is 40.9 Å². The number of rotatable bonds is 10. The number of Topliss-reactive ketones (excluding diaryl/α,β-unsaturated/α-hetero) is 3. The lowest BCUT2D eigenvalue weighted by molar-refractivity contribution is -0.265. The van der Waals surface area contributed by atoms with Crippen LogP contribution in [0.2, 0.25) is 0 Å². The monoisotopic (exact) mass is 1020 g/mol. The molecule has 0 radical (unpaired) electrons. The molecule has 15 atom stereocenters. The summed E-state index contributed by atoms with van der Waals surface area (Å²) in [6, 6.07) is -1.27. The molecule has 2 bridgehead atoms. The molecule has 1 amide bonds. The van der Waals surface area contributed by atoms with Crippen LogP contribution < -0.4 is 0 Å². The average molecular weight is 1020 g/mol. The van der Waals surface area contributed by atoms with Gasteiger partial charge in [0.1, 0.15) is 41.7 Å². The average Bonchev–Trinajstić information content (AvgIpc) is 3.36. The first-order chi connectivity index (χ1) is 35.2. The first-order valence-electron chi connectivity index (χ1n) is 27.3. The standard InChI is InChI=1S/C55H85NO16/c1-33-17-13-11-12-14-18-40(67-8)29-41-22-20-38(6)55(66,72-41)50(62)51(63)56-24-16-15-19-42(56)52(64)70-45(30-43(59)34(2)26-37(5)48(61)49(69-10)47(60)36(4)25-33)35(3)27-39-21-23-44(46(28-39)68-9)71-53(65)54(7,31-57)32-58/h11-14,17-18,26,33-36,38-42,44-46,48-49,57-58,61,66H,15-16,19-25,27-32H2,1-10H3/b12-11+,17-13+,18-14+,37-26+/t33-,34-,35-,36-,38-,39+,40-,41+,42+,44-,45+,46-,48-,49+,55-/m1/s1/i9D3. The van der Waals surface area contributed by atoms with Crippen molar-refractivity contribution >= 4 is 35.2 Å². The van der Waals surface area contributed by atoms with Crippen molar-refractivity contribution < 1.29 is 81.7 Å². The van der Waals surface area contributed by atoms with Crippen molar-refractivity contribution in [3.05, 3.63) is 48.1 Å². The van der Waals surface area contributed by atoms with Crippen LogP contribution in [0.25, 0.3) is 0 Å². The van der Waals surface area contributed by atoms with Gasteiger partial charge in [-0.2, -0.15) is 0 Å². The second-order valence-corrected chi connectivity index (χ2v) is 21.3. The molecule has 3 fully saturated rings. The van der Waals surface area contributed by atoms with Crippen LogP contribution >= 0.6 is 0 Å². The van der Waals surface area contributed by atoms with Crippen molar-refractivity contribution in [1.29, 1.82) is 0 Å². The Hall–Kier alpha value is -3.94. The molecule has 0 aromatic heterocycles. The number of piperidine rings is 1. The molecule has 0 aromatic carbocycles. The van der Waals surface area contributed by atoms with E-state index in [1.807, 2.05) is 37.3 Å². The summed E-state index contributed by atoms with van der Waals surface area (Å²) in [4.78, 5) is 85.4. The molecule has 4 aliphatic rings. The number of ether oxygens (including phenoxy) is 6. The Morgan fingerprint density at radius 1 is 0.903 bits per heavy atom. The fraction of sp³-hybridized carbons (Fsp3) is 0.745. The van der Waals surface area contributed by atoms with Crippen molar-refractivity contribution in [3.8, 4) is 0 Å². The van der Waals surface area contributed by atoms with Gasteiger partial charge in [0.25, 0.3) is 11.7 Å². The van der Waals surface area contributed by atoms with Crippen molar-refractivity contribution in [3.63, 3.8) is 0 Å². The number of aliphatic hydroxyl groups excluding tert-OH is 3. The number of fused-ring (bicyclic) bond motifs is 3. The molecule has 4 N–H and O–H groups in total. The van der Waals surface area contributed by atoms with Crippen LogP contribution in [0.1, 0.15) is 130 Å². The van der Waals surface area contributed by atoms with Crippen molar-refractivity contribution in [2.75, 3.05) is 41.0 Å². The maximum atomic E-state index is 14.6. The van der Waals surface area contributed by atoms with E-state index in [2.05, 4.69) is 0 Å². The van der Waals surface area contributed by atoms with Gasteiger partial charge in [-0.1, -0.05) is 77.2 Å². The van der Waals surface area contributed by atoms with Gasteiger partial charge in [0.05, 0.1) is 35.6 Å². The molecule has 3 heterocycles. The van der Waals surface area contributed by atoms with E-state index in [0.717, 1.165) is 4.90 Å². The van der Waals surface area contributed by atoms with Gasteiger partial charge in [-0.05, 0) is 101 Å². The highest BCUT2D eigenvalue weighted by atomic mass is 16.6. The van der Waals surface area contributed by atoms with Crippen LogP contribution in [0.4, 0.5) is 0 Å². The van der Waals surface area contributed by atoms with Gasteiger partial charge in [0.2, 0.25) is 5.79 Å². The summed E-state index contributed by atoms with van der Waals surface area (Å²) in [6.45, 7) is 10.2. The summed E-state index contributed by atoms with van der Waals surface area (Å²) in [5.41, 5.74) is -1.34. The van der Waals surface area contributed by atoms with E-state index < -0.39 is 133 Å². The zero-order chi connectivity index (χ0) is 56.0. The minimum atomic E-state index is -2.89. The Morgan fingerprint density at radius 3 is 2.25 bits per heavy atom. The van der Waals surface area contributed by atoms with Crippen LogP contribution in [0.5, 0.6) is 0 Å². The third-order valence-electron chi connectivity index (χ3n) is 15.4. The van der Waals surface area contributed by atoms with Crippen LogP contribution in [0, 0.1) is 40.9 Å². The number of allylic oxidation sites excluding steroid dienone is 6. The maximum Gasteiger partial charge on any atom is 0.329 e. The van der Waals surface area contributed by atoms with E-state index in [-0.39, 0.29) is 62.7 Å². The largest absolute Gasteiger partial charge is 0.460 e. The Labute approximate surface area is 430 Å². The highest BCUT2D eigenvalue weighted by Gasteiger charge is 2.53. The molecule has 0 unspecified atom stereocenters. The number of cyclic esters (lactones) is 1. The Balaban J connectivity index is 1.71.